The molecule has 0 spiro atoms. The summed E-state index contributed by atoms with van der Waals surface area (Å²) in [6.07, 6.45) is 2.25. The zero-order valence-corrected chi connectivity index (χ0v) is 16.9. The first kappa shape index (κ1) is 20.5. The minimum atomic E-state index is -0.286. The minimum Gasteiger partial charge on any atom is -0.354 e. The van der Waals surface area contributed by atoms with E-state index in [9.17, 15) is 9.18 Å². The quantitative estimate of drug-likeness (QED) is 0.631. The van der Waals surface area contributed by atoms with Crippen LogP contribution in [-0.4, -0.2) is 22.4 Å². The van der Waals surface area contributed by atoms with Crippen LogP contribution in [0.4, 0.5) is 16.0 Å². The van der Waals surface area contributed by atoms with Crippen LogP contribution in [0.15, 0.2) is 60.8 Å². The molecule has 0 unspecified atom stereocenters. The fraction of sp³-hybridized carbons (Fsp3) is 0.261. The molecular formula is C23H25FN4O. The summed E-state index contributed by atoms with van der Waals surface area (Å²) < 4.78 is 13.0. The van der Waals surface area contributed by atoms with Crippen LogP contribution in [0.2, 0.25) is 0 Å². The van der Waals surface area contributed by atoms with Crippen molar-refractivity contribution < 1.29 is 9.18 Å². The van der Waals surface area contributed by atoms with Crippen LogP contribution in [0, 0.1) is 5.82 Å². The summed E-state index contributed by atoms with van der Waals surface area (Å²) in [5.74, 6) is -0.161. The zero-order valence-electron chi connectivity index (χ0n) is 16.9. The zero-order chi connectivity index (χ0) is 20.9. The summed E-state index contributed by atoms with van der Waals surface area (Å²) in [4.78, 5) is 21.2. The third-order valence-electron chi connectivity index (χ3n) is 4.48. The molecule has 1 heterocycles. The van der Waals surface area contributed by atoms with Gasteiger partial charge in [0.05, 0.1) is 0 Å². The van der Waals surface area contributed by atoms with Crippen molar-refractivity contribution in [2.24, 2.45) is 0 Å². The number of carbonyl (C=O) groups excluding carboxylic acids is 1. The van der Waals surface area contributed by atoms with Crippen LogP contribution < -0.4 is 10.6 Å². The smallest absolute Gasteiger partial charge is 0.274 e. The highest BCUT2D eigenvalue weighted by Crippen LogP contribution is 2.29. The van der Waals surface area contributed by atoms with Gasteiger partial charge in [-0.1, -0.05) is 51.1 Å². The van der Waals surface area contributed by atoms with Gasteiger partial charge in [0.2, 0.25) is 5.95 Å². The fourth-order valence-corrected chi connectivity index (χ4v) is 2.97. The van der Waals surface area contributed by atoms with Crippen molar-refractivity contribution in [3.63, 3.8) is 0 Å². The number of benzene rings is 2. The van der Waals surface area contributed by atoms with Crippen molar-refractivity contribution in [2.45, 2.75) is 32.6 Å². The Morgan fingerprint density at radius 1 is 1.03 bits per heavy atom. The normalized spacial score (nSPS) is 11.2. The van der Waals surface area contributed by atoms with Crippen molar-refractivity contribution in [1.29, 1.82) is 0 Å². The van der Waals surface area contributed by atoms with E-state index in [1.807, 2.05) is 24.3 Å². The van der Waals surface area contributed by atoms with Gasteiger partial charge in [-0.2, -0.15) is 0 Å². The number of anilines is 2. The second-order valence-corrected chi connectivity index (χ2v) is 7.82. The van der Waals surface area contributed by atoms with Crippen LogP contribution in [0.5, 0.6) is 0 Å². The first-order valence-electron chi connectivity index (χ1n) is 9.55. The molecule has 3 aromatic rings. The maximum atomic E-state index is 13.0. The number of hydrogen-bond acceptors (Lipinski definition) is 4. The van der Waals surface area contributed by atoms with Gasteiger partial charge in [0.15, 0.2) is 0 Å². The van der Waals surface area contributed by atoms with Gasteiger partial charge >= 0.3 is 0 Å². The molecule has 3 rings (SSSR count). The van der Waals surface area contributed by atoms with E-state index in [-0.39, 0.29) is 22.8 Å². The third-order valence-corrected chi connectivity index (χ3v) is 4.48. The lowest BCUT2D eigenvalue weighted by Gasteiger charge is -2.22. The van der Waals surface area contributed by atoms with E-state index in [0.29, 0.717) is 18.9 Å². The minimum absolute atomic E-state index is 0.0946. The Balaban J connectivity index is 1.65. The number of halogens is 1. The molecule has 0 bridgehead atoms. The molecule has 2 aromatic carbocycles. The van der Waals surface area contributed by atoms with Gasteiger partial charge in [-0.25, -0.2) is 14.4 Å². The van der Waals surface area contributed by atoms with E-state index in [0.717, 1.165) is 16.8 Å². The molecular weight excluding hydrogens is 367 g/mol. The highest BCUT2D eigenvalue weighted by atomic mass is 19.1. The topological polar surface area (TPSA) is 66.9 Å². The van der Waals surface area contributed by atoms with Crippen molar-refractivity contribution in [2.75, 3.05) is 17.2 Å². The molecule has 0 aliphatic heterocycles. The second kappa shape index (κ2) is 8.82. The number of nitrogens with one attached hydrogen (secondary N) is 2. The Bertz CT molecular complexity index is 981. The van der Waals surface area contributed by atoms with Crippen molar-refractivity contribution >= 4 is 17.5 Å². The number of para-hydroxylation sites is 1. The van der Waals surface area contributed by atoms with Gasteiger partial charge < -0.3 is 10.6 Å². The van der Waals surface area contributed by atoms with Crippen LogP contribution in [-0.2, 0) is 11.8 Å². The average Bonchev–Trinajstić information content (AvgIpc) is 2.69. The van der Waals surface area contributed by atoms with E-state index in [1.165, 1.54) is 12.1 Å². The summed E-state index contributed by atoms with van der Waals surface area (Å²) in [6.45, 7) is 6.88. The molecule has 0 saturated carbocycles. The van der Waals surface area contributed by atoms with Gasteiger partial charge in [-0.15, -0.1) is 0 Å². The molecule has 0 atom stereocenters. The number of hydrogen-bond donors (Lipinski definition) is 2. The Hall–Kier alpha value is -3.28. The van der Waals surface area contributed by atoms with Gasteiger partial charge in [0.25, 0.3) is 5.91 Å². The molecule has 0 saturated heterocycles. The molecule has 0 aliphatic rings. The van der Waals surface area contributed by atoms with Crippen molar-refractivity contribution in [3.05, 3.63) is 83.4 Å². The van der Waals surface area contributed by atoms with E-state index < -0.39 is 0 Å². The first-order valence-corrected chi connectivity index (χ1v) is 9.55. The first-order chi connectivity index (χ1) is 13.8. The summed E-state index contributed by atoms with van der Waals surface area (Å²) >= 11 is 0. The number of amides is 1. The van der Waals surface area contributed by atoms with Crippen LogP contribution in [0.1, 0.15) is 42.4 Å². The maximum absolute atomic E-state index is 13.0. The van der Waals surface area contributed by atoms with Crippen LogP contribution >= 0.6 is 0 Å². The number of nitrogens with zero attached hydrogens (tertiary/aromatic N) is 2. The number of carbonyl (C=O) groups is 1. The van der Waals surface area contributed by atoms with Crippen LogP contribution in [0.25, 0.3) is 0 Å². The highest BCUT2D eigenvalue weighted by molar-refractivity contribution is 6.03. The van der Waals surface area contributed by atoms with Crippen molar-refractivity contribution in [3.8, 4) is 0 Å². The molecule has 0 aliphatic carbocycles. The van der Waals surface area contributed by atoms with E-state index in [1.54, 1.807) is 24.4 Å². The average molecular weight is 392 g/mol. The van der Waals surface area contributed by atoms with Gasteiger partial charge in [-0.3, -0.25) is 4.79 Å². The molecule has 6 heteroatoms. The standard InChI is InChI=1S/C23H25FN4O/c1-23(2,3)18-6-4-5-7-19(18)27-21(29)20-13-15-26-22(28-20)25-14-12-16-8-10-17(24)11-9-16/h4-11,13,15H,12,14H2,1-3H3,(H,27,29)(H,25,26,28). The number of aromatic nitrogens is 2. The monoisotopic (exact) mass is 392 g/mol. The Morgan fingerprint density at radius 2 is 1.76 bits per heavy atom. The molecule has 150 valence electrons. The third kappa shape index (κ3) is 5.60. The number of rotatable bonds is 6. The van der Waals surface area contributed by atoms with E-state index in [2.05, 4.69) is 41.4 Å². The predicted molar refractivity (Wildman–Crippen MR) is 114 cm³/mol. The van der Waals surface area contributed by atoms with Crippen LogP contribution in [0.3, 0.4) is 0 Å². The van der Waals surface area contributed by atoms with Crippen molar-refractivity contribution in [1.82, 2.24) is 9.97 Å². The molecule has 0 radical (unpaired) electrons. The van der Waals surface area contributed by atoms with E-state index in [4.69, 9.17) is 0 Å². The lowest BCUT2D eigenvalue weighted by molar-refractivity contribution is 0.102. The summed E-state index contributed by atoms with van der Waals surface area (Å²) in [7, 11) is 0. The second-order valence-electron chi connectivity index (χ2n) is 7.82. The Kier molecular flexibility index (Phi) is 6.22. The Morgan fingerprint density at radius 3 is 2.48 bits per heavy atom. The fourth-order valence-electron chi connectivity index (χ4n) is 2.97. The molecule has 5 nitrogen and oxygen atoms in total. The van der Waals surface area contributed by atoms with E-state index >= 15 is 0 Å². The highest BCUT2D eigenvalue weighted by Gasteiger charge is 2.19. The summed E-state index contributed by atoms with van der Waals surface area (Å²) in [6, 6.07) is 15.7. The lowest BCUT2D eigenvalue weighted by atomic mass is 9.86. The molecule has 29 heavy (non-hydrogen) atoms. The lowest BCUT2D eigenvalue weighted by Crippen LogP contribution is -2.20. The van der Waals surface area contributed by atoms with Gasteiger partial charge in [0, 0.05) is 18.4 Å². The van der Waals surface area contributed by atoms with Gasteiger partial charge in [0.1, 0.15) is 11.5 Å². The summed E-state index contributed by atoms with van der Waals surface area (Å²) in [5.41, 5.74) is 3.02. The Labute approximate surface area is 170 Å². The molecule has 1 amide bonds. The van der Waals surface area contributed by atoms with Gasteiger partial charge in [-0.05, 0) is 47.2 Å². The molecule has 1 aromatic heterocycles. The molecule has 2 N–H and O–H groups in total. The molecule has 0 fully saturated rings. The predicted octanol–water partition coefficient (Wildman–Crippen LogP) is 4.82. The maximum Gasteiger partial charge on any atom is 0.274 e. The SMILES string of the molecule is CC(C)(C)c1ccccc1NC(=O)c1ccnc(NCCc2ccc(F)cc2)n1. The largest absolute Gasteiger partial charge is 0.354 e. The summed E-state index contributed by atoms with van der Waals surface area (Å²) in [5, 5.41) is 6.06.